The Morgan fingerprint density at radius 3 is 2.59 bits per heavy atom. The average molecular weight is 364 g/mol. The van der Waals surface area contributed by atoms with E-state index in [-0.39, 0.29) is 17.0 Å². The summed E-state index contributed by atoms with van der Waals surface area (Å²) in [5.74, 6) is -0.585. The van der Waals surface area contributed by atoms with Crippen LogP contribution in [0.5, 0.6) is 5.75 Å². The van der Waals surface area contributed by atoms with E-state index in [1.54, 1.807) is 24.3 Å². The van der Waals surface area contributed by atoms with Crippen LogP contribution in [0.15, 0.2) is 52.0 Å². The lowest BCUT2D eigenvalue weighted by molar-refractivity contribution is -0.385. The number of nitrogens with one attached hydrogen (secondary N) is 1. The smallest absolute Gasteiger partial charge is 0.278 e. The second-order valence-corrected chi connectivity index (χ2v) is 5.12. The SMILES string of the molecule is O=C(NN=Cc1cc(O)ccc1[N+](=O)[O-])c1ccc(Br)cc1. The first-order valence-electron chi connectivity index (χ1n) is 6.04. The zero-order valence-electron chi connectivity index (χ0n) is 11.1. The number of phenolic OH excluding ortho intramolecular Hbond substituents is 1. The third-order valence-electron chi connectivity index (χ3n) is 2.68. The summed E-state index contributed by atoms with van der Waals surface area (Å²) in [7, 11) is 0. The molecule has 1 amide bonds. The molecule has 2 rings (SSSR count). The molecule has 0 saturated heterocycles. The van der Waals surface area contributed by atoms with Gasteiger partial charge in [-0.3, -0.25) is 14.9 Å². The van der Waals surface area contributed by atoms with Crippen LogP contribution in [0.2, 0.25) is 0 Å². The Hall–Kier alpha value is -2.74. The van der Waals surface area contributed by atoms with Crippen molar-refractivity contribution in [2.75, 3.05) is 0 Å². The number of nitro groups is 1. The Morgan fingerprint density at radius 1 is 1.27 bits per heavy atom. The van der Waals surface area contributed by atoms with Crippen LogP contribution in [-0.2, 0) is 0 Å². The van der Waals surface area contributed by atoms with E-state index in [4.69, 9.17) is 0 Å². The zero-order chi connectivity index (χ0) is 16.1. The second-order valence-electron chi connectivity index (χ2n) is 4.21. The van der Waals surface area contributed by atoms with Crippen molar-refractivity contribution in [1.29, 1.82) is 0 Å². The third kappa shape index (κ3) is 3.89. The zero-order valence-corrected chi connectivity index (χ0v) is 12.6. The predicted octanol–water partition coefficient (Wildman–Crippen LogP) is 2.83. The fraction of sp³-hybridized carbons (Fsp3) is 0. The number of carbonyl (C=O) groups excluding carboxylic acids is 1. The number of rotatable bonds is 4. The summed E-state index contributed by atoms with van der Waals surface area (Å²) in [6.45, 7) is 0. The Kier molecular flexibility index (Phi) is 4.84. The number of carbonyl (C=O) groups is 1. The van der Waals surface area contributed by atoms with E-state index in [1.807, 2.05) is 0 Å². The number of halogens is 1. The number of nitro benzene ring substituents is 1. The molecule has 0 saturated carbocycles. The van der Waals surface area contributed by atoms with E-state index in [2.05, 4.69) is 26.5 Å². The molecular weight excluding hydrogens is 354 g/mol. The molecule has 22 heavy (non-hydrogen) atoms. The van der Waals surface area contributed by atoms with Crippen molar-refractivity contribution in [3.63, 3.8) is 0 Å². The number of aromatic hydroxyl groups is 1. The number of benzene rings is 2. The van der Waals surface area contributed by atoms with E-state index in [0.717, 1.165) is 16.8 Å². The number of hydrazone groups is 1. The van der Waals surface area contributed by atoms with Crippen LogP contribution in [0.1, 0.15) is 15.9 Å². The largest absolute Gasteiger partial charge is 0.508 e. The Bertz CT molecular complexity index is 744. The van der Waals surface area contributed by atoms with Crippen molar-refractivity contribution >= 4 is 33.7 Å². The molecule has 0 aliphatic rings. The van der Waals surface area contributed by atoms with E-state index in [1.165, 1.54) is 12.1 Å². The number of nitrogens with zero attached hydrogens (tertiary/aromatic N) is 2. The van der Waals surface area contributed by atoms with Gasteiger partial charge in [0, 0.05) is 16.1 Å². The maximum absolute atomic E-state index is 11.8. The molecule has 0 fully saturated rings. The molecule has 7 nitrogen and oxygen atoms in total. The van der Waals surface area contributed by atoms with Gasteiger partial charge in [-0.1, -0.05) is 15.9 Å². The molecule has 112 valence electrons. The molecular formula is C14H10BrN3O4. The fourth-order valence-electron chi connectivity index (χ4n) is 1.64. The highest BCUT2D eigenvalue weighted by Crippen LogP contribution is 2.21. The van der Waals surface area contributed by atoms with Crippen LogP contribution in [0.4, 0.5) is 5.69 Å². The van der Waals surface area contributed by atoms with Gasteiger partial charge < -0.3 is 5.11 Å². The van der Waals surface area contributed by atoms with Gasteiger partial charge in [0.2, 0.25) is 0 Å². The van der Waals surface area contributed by atoms with Crippen molar-refractivity contribution in [3.8, 4) is 5.75 Å². The Balaban J connectivity index is 2.12. The molecule has 0 aliphatic heterocycles. The van der Waals surface area contributed by atoms with Crippen LogP contribution >= 0.6 is 15.9 Å². The highest BCUT2D eigenvalue weighted by molar-refractivity contribution is 9.10. The fourth-order valence-corrected chi connectivity index (χ4v) is 1.90. The molecule has 0 aliphatic carbocycles. The topological polar surface area (TPSA) is 105 Å². The summed E-state index contributed by atoms with van der Waals surface area (Å²) in [6, 6.07) is 10.2. The van der Waals surface area contributed by atoms with Gasteiger partial charge >= 0.3 is 0 Å². The predicted molar refractivity (Wildman–Crippen MR) is 84.0 cm³/mol. The molecule has 2 N–H and O–H groups in total. The van der Waals surface area contributed by atoms with E-state index in [9.17, 15) is 20.0 Å². The summed E-state index contributed by atoms with van der Waals surface area (Å²) in [4.78, 5) is 22.1. The Morgan fingerprint density at radius 2 is 1.95 bits per heavy atom. The second kappa shape index (κ2) is 6.81. The van der Waals surface area contributed by atoms with Crippen LogP contribution < -0.4 is 5.43 Å². The van der Waals surface area contributed by atoms with Gasteiger partial charge in [0.1, 0.15) is 5.75 Å². The van der Waals surface area contributed by atoms with Gasteiger partial charge in [-0.2, -0.15) is 5.10 Å². The highest BCUT2D eigenvalue weighted by Gasteiger charge is 2.12. The van der Waals surface area contributed by atoms with Gasteiger partial charge in [-0.25, -0.2) is 5.43 Å². The average Bonchev–Trinajstić information content (AvgIpc) is 2.47. The molecule has 0 heterocycles. The number of hydrogen-bond donors (Lipinski definition) is 2. The number of phenols is 1. The lowest BCUT2D eigenvalue weighted by atomic mass is 10.2. The van der Waals surface area contributed by atoms with Crippen molar-refractivity contribution < 1.29 is 14.8 Å². The van der Waals surface area contributed by atoms with Crippen LogP contribution in [0, 0.1) is 10.1 Å². The van der Waals surface area contributed by atoms with Crippen molar-refractivity contribution in [2.24, 2.45) is 5.10 Å². The van der Waals surface area contributed by atoms with Gasteiger partial charge in [-0.15, -0.1) is 0 Å². The third-order valence-corrected chi connectivity index (χ3v) is 3.21. The molecule has 0 unspecified atom stereocenters. The summed E-state index contributed by atoms with van der Waals surface area (Å²) in [5, 5.41) is 23.9. The van der Waals surface area contributed by atoms with E-state index >= 15 is 0 Å². The summed E-state index contributed by atoms with van der Waals surface area (Å²) >= 11 is 3.26. The first kappa shape index (κ1) is 15.6. The van der Waals surface area contributed by atoms with Gasteiger partial charge in [-0.05, 0) is 36.4 Å². The van der Waals surface area contributed by atoms with E-state index < -0.39 is 10.8 Å². The Labute approximate surface area is 133 Å². The number of amides is 1. The monoisotopic (exact) mass is 363 g/mol. The lowest BCUT2D eigenvalue weighted by Gasteiger charge is -2.01. The molecule has 2 aromatic rings. The normalized spacial score (nSPS) is 10.6. The van der Waals surface area contributed by atoms with Crippen LogP contribution in [0.25, 0.3) is 0 Å². The van der Waals surface area contributed by atoms with Crippen molar-refractivity contribution in [1.82, 2.24) is 5.43 Å². The summed E-state index contributed by atoms with van der Waals surface area (Å²) in [5.41, 5.74) is 2.52. The van der Waals surface area contributed by atoms with Gasteiger partial charge in [0.05, 0.1) is 16.7 Å². The van der Waals surface area contributed by atoms with Gasteiger partial charge in [0.25, 0.3) is 11.6 Å². The van der Waals surface area contributed by atoms with Crippen molar-refractivity contribution in [2.45, 2.75) is 0 Å². The maximum Gasteiger partial charge on any atom is 0.278 e. The minimum atomic E-state index is -0.600. The standard InChI is InChI=1S/C14H10BrN3O4/c15-11-3-1-9(2-4-11)14(20)17-16-8-10-7-12(19)5-6-13(10)18(21)22/h1-8,19H,(H,17,20). The molecule has 8 heteroatoms. The molecule has 0 spiro atoms. The molecule has 0 atom stereocenters. The molecule has 0 radical (unpaired) electrons. The lowest BCUT2D eigenvalue weighted by Crippen LogP contribution is -2.17. The van der Waals surface area contributed by atoms with Gasteiger partial charge in [0.15, 0.2) is 0 Å². The maximum atomic E-state index is 11.8. The summed E-state index contributed by atoms with van der Waals surface area (Å²) in [6.07, 6.45) is 1.11. The van der Waals surface area contributed by atoms with Crippen molar-refractivity contribution in [3.05, 3.63) is 68.2 Å². The van der Waals surface area contributed by atoms with Crippen LogP contribution in [0.3, 0.4) is 0 Å². The molecule has 0 bridgehead atoms. The first-order valence-corrected chi connectivity index (χ1v) is 6.83. The molecule has 0 aromatic heterocycles. The summed E-state index contributed by atoms with van der Waals surface area (Å²) < 4.78 is 0.836. The minimum absolute atomic E-state index is 0.0844. The minimum Gasteiger partial charge on any atom is -0.508 e. The quantitative estimate of drug-likeness (QED) is 0.494. The van der Waals surface area contributed by atoms with Crippen LogP contribution in [-0.4, -0.2) is 22.2 Å². The highest BCUT2D eigenvalue weighted by atomic mass is 79.9. The first-order chi connectivity index (χ1) is 10.5. The molecule has 2 aromatic carbocycles. The number of hydrogen-bond acceptors (Lipinski definition) is 5. The van der Waals surface area contributed by atoms with E-state index in [0.29, 0.717) is 5.56 Å².